The zero-order valence-corrected chi connectivity index (χ0v) is 20.9. The first-order valence-electron chi connectivity index (χ1n) is 12.4. The number of Topliss-reactive ketones (excluding diaryl/α,β-unsaturated/α-hetero) is 1. The second-order valence-electron chi connectivity index (χ2n) is 10.7. The lowest BCUT2D eigenvalue weighted by Gasteiger charge is -2.31. The topological polar surface area (TPSA) is 129 Å². The van der Waals surface area contributed by atoms with Crippen LogP contribution in [0.1, 0.15) is 84.3 Å². The first kappa shape index (κ1) is 25.0. The number of nitrogens with two attached hydrogens (primary N) is 2. The first-order valence-corrected chi connectivity index (χ1v) is 12.4. The van der Waals surface area contributed by atoms with E-state index in [2.05, 4.69) is 23.7 Å². The Labute approximate surface area is 206 Å². The van der Waals surface area contributed by atoms with Crippen LogP contribution < -0.4 is 16.8 Å². The predicted octanol–water partition coefficient (Wildman–Crippen LogP) is 3.65. The van der Waals surface area contributed by atoms with Gasteiger partial charge >= 0.3 is 5.97 Å². The van der Waals surface area contributed by atoms with Crippen molar-refractivity contribution in [2.45, 2.75) is 77.9 Å². The number of benzene rings is 1. The smallest absolute Gasteiger partial charge is 0.307 e. The molecule has 35 heavy (non-hydrogen) atoms. The van der Waals surface area contributed by atoms with E-state index in [-0.39, 0.29) is 42.3 Å². The van der Waals surface area contributed by atoms with Gasteiger partial charge in [-0.3, -0.25) is 14.4 Å². The summed E-state index contributed by atoms with van der Waals surface area (Å²) in [5.41, 5.74) is 15.8. The lowest BCUT2D eigenvalue weighted by molar-refractivity contribution is -0.150. The van der Waals surface area contributed by atoms with Gasteiger partial charge in [0.2, 0.25) is 0 Å². The van der Waals surface area contributed by atoms with Gasteiger partial charge in [0.25, 0.3) is 5.91 Å². The summed E-state index contributed by atoms with van der Waals surface area (Å²) in [5.74, 6) is -0.561. The fourth-order valence-corrected chi connectivity index (χ4v) is 5.43. The van der Waals surface area contributed by atoms with Crippen molar-refractivity contribution in [3.8, 4) is 5.69 Å². The molecule has 0 bridgehead atoms. The molecule has 0 spiro atoms. The second kappa shape index (κ2) is 9.85. The monoisotopic (exact) mass is 480 g/mol. The number of nitrogens with one attached hydrogen (secondary N) is 1. The number of ketones is 1. The Morgan fingerprint density at radius 2 is 1.89 bits per heavy atom. The molecule has 5 N–H and O–H groups in total. The van der Waals surface area contributed by atoms with Crippen molar-refractivity contribution >= 4 is 23.3 Å². The number of aromatic nitrogens is 1. The second-order valence-corrected chi connectivity index (χ2v) is 10.7. The molecule has 2 aromatic rings. The minimum atomic E-state index is -0.495. The number of esters is 1. The lowest BCUT2D eigenvalue weighted by atomic mass is 9.75. The van der Waals surface area contributed by atoms with E-state index in [1.165, 1.54) is 0 Å². The lowest BCUT2D eigenvalue weighted by Crippen LogP contribution is -2.32. The van der Waals surface area contributed by atoms with Crippen LogP contribution in [-0.2, 0) is 16.0 Å². The number of carbonyl (C=O) groups is 3. The first-order chi connectivity index (χ1) is 16.6. The molecule has 2 aliphatic rings. The standard InChI is InChI=1S/C27H36N4O4/c1-16-15-31(22-13-27(2,3)14-23(32)25(16)22)18-6-9-20(26(29)34)21(12-18)30-17-4-7-19(8-5-17)35-24(33)10-11-28/h6,9,12,15,17,19,30H,4-5,7-8,10-11,13-14,28H2,1-3H3,(H2,29,34)/t17-,19-. The summed E-state index contributed by atoms with van der Waals surface area (Å²) in [7, 11) is 0. The molecule has 1 fully saturated rings. The van der Waals surface area contributed by atoms with E-state index in [9.17, 15) is 14.4 Å². The van der Waals surface area contributed by atoms with Crippen molar-refractivity contribution in [2.24, 2.45) is 16.9 Å². The molecule has 8 heteroatoms. The SMILES string of the molecule is Cc1cn(-c2ccc(C(N)=O)c(N[C@H]3CC[C@H](OC(=O)CCN)CC3)c2)c2c1C(=O)CC(C)(C)C2. The molecular formula is C27H36N4O4. The minimum Gasteiger partial charge on any atom is -0.462 e. The van der Waals surface area contributed by atoms with Gasteiger partial charge in [-0.05, 0) is 68.2 Å². The van der Waals surface area contributed by atoms with Crippen molar-refractivity contribution in [1.29, 1.82) is 0 Å². The van der Waals surface area contributed by atoms with Crippen molar-refractivity contribution < 1.29 is 19.1 Å². The average Bonchev–Trinajstić information content (AvgIpc) is 3.10. The fourth-order valence-electron chi connectivity index (χ4n) is 5.43. The normalized spacial score (nSPS) is 21.3. The maximum Gasteiger partial charge on any atom is 0.307 e. The summed E-state index contributed by atoms with van der Waals surface area (Å²) in [4.78, 5) is 36.8. The largest absolute Gasteiger partial charge is 0.462 e. The summed E-state index contributed by atoms with van der Waals surface area (Å²) in [6, 6.07) is 5.70. The number of aryl methyl sites for hydroxylation is 1. The van der Waals surface area contributed by atoms with Crippen LogP contribution >= 0.6 is 0 Å². The molecule has 0 unspecified atom stereocenters. The Bertz CT molecular complexity index is 1140. The molecule has 0 aliphatic heterocycles. The maximum absolute atomic E-state index is 12.8. The number of carbonyl (C=O) groups excluding carboxylic acids is 3. The third kappa shape index (κ3) is 5.42. The van der Waals surface area contributed by atoms with E-state index < -0.39 is 5.91 Å². The summed E-state index contributed by atoms with van der Waals surface area (Å²) in [6.45, 7) is 6.50. The van der Waals surface area contributed by atoms with Crippen LogP contribution in [-0.4, -0.2) is 40.9 Å². The number of amides is 1. The number of anilines is 1. The quantitative estimate of drug-likeness (QED) is 0.519. The predicted molar refractivity (Wildman–Crippen MR) is 135 cm³/mol. The molecule has 1 saturated carbocycles. The van der Waals surface area contributed by atoms with E-state index in [1.54, 1.807) is 6.07 Å². The molecule has 1 aromatic heterocycles. The van der Waals surface area contributed by atoms with Crippen molar-refractivity contribution in [3.63, 3.8) is 0 Å². The Hall–Kier alpha value is -3.13. The molecule has 0 radical (unpaired) electrons. The summed E-state index contributed by atoms with van der Waals surface area (Å²) >= 11 is 0. The van der Waals surface area contributed by atoms with E-state index in [0.717, 1.165) is 54.6 Å². The van der Waals surface area contributed by atoms with Gasteiger partial charge in [-0.2, -0.15) is 0 Å². The Morgan fingerprint density at radius 1 is 1.17 bits per heavy atom. The molecule has 0 saturated heterocycles. The molecule has 1 aromatic carbocycles. The summed E-state index contributed by atoms with van der Waals surface area (Å²) in [6.07, 6.45) is 6.61. The van der Waals surface area contributed by atoms with Crippen LogP contribution in [0.5, 0.6) is 0 Å². The van der Waals surface area contributed by atoms with E-state index in [1.807, 2.05) is 25.3 Å². The number of rotatable bonds is 7. The van der Waals surface area contributed by atoms with Crippen molar-refractivity contribution in [2.75, 3.05) is 11.9 Å². The van der Waals surface area contributed by atoms with Gasteiger partial charge in [-0.15, -0.1) is 0 Å². The summed E-state index contributed by atoms with van der Waals surface area (Å²) < 4.78 is 7.57. The van der Waals surface area contributed by atoms with Gasteiger partial charge < -0.3 is 26.1 Å². The number of primary amides is 1. The highest BCUT2D eigenvalue weighted by Crippen LogP contribution is 2.38. The summed E-state index contributed by atoms with van der Waals surface area (Å²) in [5, 5.41) is 3.51. The van der Waals surface area contributed by atoms with Crippen LogP contribution in [0.2, 0.25) is 0 Å². The van der Waals surface area contributed by atoms with Crippen LogP contribution in [0.3, 0.4) is 0 Å². The number of hydrogen-bond acceptors (Lipinski definition) is 6. The van der Waals surface area contributed by atoms with Crippen molar-refractivity contribution in [1.82, 2.24) is 4.57 Å². The number of fused-ring (bicyclic) bond motifs is 1. The van der Waals surface area contributed by atoms with Gasteiger partial charge in [-0.25, -0.2) is 0 Å². The van der Waals surface area contributed by atoms with Crippen LogP contribution in [0.25, 0.3) is 5.69 Å². The molecule has 4 rings (SSSR count). The zero-order chi connectivity index (χ0) is 25.3. The molecule has 188 valence electrons. The molecule has 2 aliphatic carbocycles. The molecular weight excluding hydrogens is 444 g/mol. The highest BCUT2D eigenvalue weighted by atomic mass is 16.5. The van der Waals surface area contributed by atoms with Crippen molar-refractivity contribution in [3.05, 3.63) is 46.8 Å². The molecule has 1 amide bonds. The fraction of sp³-hybridized carbons (Fsp3) is 0.519. The molecule has 0 atom stereocenters. The molecule has 1 heterocycles. The Balaban J connectivity index is 1.57. The number of nitrogens with zero attached hydrogens (tertiary/aromatic N) is 1. The van der Waals surface area contributed by atoms with E-state index in [4.69, 9.17) is 16.2 Å². The van der Waals surface area contributed by atoms with Gasteiger partial charge in [0, 0.05) is 47.8 Å². The van der Waals surface area contributed by atoms with Gasteiger partial charge in [0.05, 0.1) is 12.0 Å². The zero-order valence-electron chi connectivity index (χ0n) is 20.9. The molecule has 8 nitrogen and oxygen atoms in total. The van der Waals surface area contributed by atoms with E-state index in [0.29, 0.717) is 17.7 Å². The highest BCUT2D eigenvalue weighted by Gasteiger charge is 2.35. The third-order valence-corrected chi connectivity index (χ3v) is 7.09. The Morgan fingerprint density at radius 3 is 2.54 bits per heavy atom. The number of ether oxygens (including phenoxy) is 1. The highest BCUT2D eigenvalue weighted by molar-refractivity contribution is 6.01. The average molecular weight is 481 g/mol. The van der Waals surface area contributed by atoms with Crippen LogP contribution in [0.15, 0.2) is 24.4 Å². The number of hydrogen-bond donors (Lipinski definition) is 3. The third-order valence-electron chi connectivity index (χ3n) is 7.09. The van der Waals surface area contributed by atoms with Crippen LogP contribution in [0.4, 0.5) is 5.69 Å². The Kier molecular flexibility index (Phi) is 7.03. The van der Waals surface area contributed by atoms with Crippen LogP contribution in [0, 0.1) is 12.3 Å². The maximum atomic E-state index is 12.8. The van der Waals surface area contributed by atoms with E-state index >= 15 is 0 Å². The van der Waals surface area contributed by atoms with Gasteiger partial charge in [0.15, 0.2) is 5.78 Å². The van der Waals surface area contributed by atoms with Gasteiger partial charge in [-0.1, -0.05) is 13.8 Å². The minimum absolute atomic E-state index is 0.0932. The van der Waals surface area contributed by atoms with Gasteiger partial charge in [0.1, 0.15) is 6.10 Å².